The number of carbonyl (C=O) groups is 1. The van der Waals surface area contributed by atoms with Gasteiger partial charge in [-0.1, -0.05) is 0 Å². The minimum atomic E-state index is 0.0979. The Morgan fingerprint density at radius 3 is 2.62 bits per heavy atom. The van der Waals surface area contributed by atoms with Crippen LogP contribution in [0.3, 0.4) is 0 Å². The molecule has 1 amide bonds. The summed E-state index contributed by atoms with van der Waals surface area (Å²) in [5.74, 6) is 0.757. The molecule has 4 nitrogen and oxygen atoms in total. The molecule has 0 spiro atoms. The van der Waals surface area contributed by atoms with Crippen molar-refractivity contribution in [2.24, 2.45) is 5.92 Å². The number of carbonyl (C=O) groups excluding carboxylic acids is 1. The van der Waals surface area contributed by atoms with Crippen molar-refractivity contribution >= 4 is 5.91 Å². The topological polar surface area (TPSA) is 32.8 Å². The number of nitrogens with zero attached hydrogens (tertiary/aromatic N) is 2. The van der Waals surface area contributed by atoms with Crippen LogP contribution in [0.1, 0.15) is 19.8 Å². The van der Waals surface area contributed by atoms with Crippen molar-refractivity contribution in [2.75, 3.05) is 46.9 Å². The van der Waals surface area contributed by atoms with Crippen molar-refractivity contribution < 1.29 is 9.53 Å². The van der Waals surface area contributed by atoms with Crippen molar-refractivity contribution in [3.63, 3.8) is 0 Å². The van der Waals surface area contributed by atoms with Crippen LogP contribution < -0.4 is 0 Å². The Labute approximate surface area is 98.5 Å². The largest absolute Gasteiger partial charge is 0.372 e. The third-order valence-electron chi connectivity index (χ3n) is 3.23. The van der Waals surface area contributed by atoms with Gasteiger partial charge >= 0.3 is 0 Å². The molecule has 0 aromatic carbocycles. The lowest BCUT2D eigenvalue weighted by Gasteiger charge is -2.31. The van der Waals surface area contributed by atoms with Crippen molar-refractivity contribution in [1.29, 1.82) is 0 Å². The quantitative estimate of drug-likeness (QED) is 0.698. The van der Waals surface area contributed by atoms with E-state index in [-0.39, 0.29) is 12.5 Å². The van der Waals surface area contributed by atoms with Crippen LogP contribution in [0.15, 0.2) is 0 Å². The molecule has 0 aromatic heterocycles. The molecule has 1 rings (SSSR count). The number of piperidine rings is 1. The Balaban J connectivity index is 2.22. The van der Waals surface area contributed by atoms with E-state index in [4.69, 9.17) is 4.74 Å². The van der Waals surface area contributed by atoms with E-state index in [1.54, 1.807) is 0 Å². The van der Waals surface area contributed by atoms with Crippen molar-refractivity contribution in [3.8, 4) is 0 Å². The van der Waals surface area contributed by atoms with Crippen LogP contribution in [0.5, 0.6) is 0 Å². The van der Waals surface area contributed by atoms with Gasteiger partial charge in [0.05, 0.1) is 0 Å². The third-order valence-corrected chi connectivity index (χ3v) is 3.23. The van der Waals surface area contributed by atoms with Crippen LogP contribution in [-0.2, 0) is 9.53 Å². The van der Waals surface area contributed by atoms with E-state index in [1.807, 2.05) is 18.9 Å². The maximum absolute atomic E-state index is 11.6. The molecule has 1 saturated heterocycles. The molecule has 1 heterocycles. The fourth-order valence-electron chi connectivity index (χ4n) is 2.03. The van der Waals surface area contributed by atoms with Crippen LogP contribution in [-0.4, -0.2) is 62.7 Å². The first-order valence-corrected chi connectivity index (χ1v) is 6.13. The van der Waals surface area contributed by atoms with Gasteiger partial charge in [-0.05, 0) is 45.8 Å². The number of rotatable bonds is 5. The molecule has 1 fully saturated rings. The predicted octanol–water partition coefficient (Wildman–Crippen LogP) is 0.823. The zero-order valence-corrected chi connectivity index (χ0v) is 10.7. The second kappa shape index (κ2) is 6.86. The van der Waals surface area contributed by atoms with Crippen LogP contribution in [0.4, 0.5) is 0 Å². The smallest absolute Gasteiger partial charge is 0.248 e. The molecule has 94 valence electrons. The minimum absolute atomic E-state index is 0.0979. The van der Waals surface area contributed by atoms with Gasteiger partial charge < -0.3 is 14.5 Å². The number of likely N-dealkylation sites (tertiary alicyclic amines) is 1. The first kappa shape index (κ1) is 13.5. The average molecular weight is 228 g/mol. The summed E-state index contributed by atoms with van der Waals surface area (Å²) in [6.07, 6.45) is 2.39. The SMILES string of the molecule is CCOCC(=O)N(C)CC1CCN(C)CC1. The zero-order valence-electron chi connectivity index (χ0n) is 10.7. The molecular weight excluding hydrogens is 204 g/mol. The van der Waals surface area contributed by atoms with Gasteiger partial charge in [0.25, 0.3) is 0 Å². The van der Waals surface area contributed by atoms with Crippen LogP contribution in [0.25, 0.3) is 0 Å². The summed E-state index contributed by atoms with van der Waals surface area (Å²) < 4.78 is 5.12. The molecule has 4 heteroatoms. The maximum atomic E-state index is 11.6. The summed E-state index contributed by atoms with van der Waals surface area (Å²) in [5, 5.41) is 0. The number of hydrogen-bond donors (Lipinski definition) is 0. The summed E-state index contributed by atoms with van der Waals surface area (Å²) in [6, 6.07) is 0. The monoisotopic (exact) mass is 228 g/mol. The first-order valence-electron chi connectivity index (χ1n) is 6.13. The highest BCUT2D eigenvalue weighted by atomic mass is 16.5. The molecule has 0 N–H and O–H groups in total. The summed E-state index contributed by atoms with van der Waals surface area (Å²) in [5.41, 5.74) is 0. The molecule has 0 radical (unpaired) electrons. The van der Waals surface area contributed by atoms with Gasteiger partial charge in [0, 0.05) is 20.2 Å². The van der Waals surface area contributed by atoms with E-state index in [1.165, 1.54) is 12.8 Å². The highest BCUT2D eigenvalue weighted by molar-refractivity contribution is 5.77. The standard InChI is InChI=1S/C12H24N2O2/c1-4-16-10-12(15)14(3)9-11-5-7-13(2)8-6-11/h11H,4-10H2,1-3H3. The van der Waals surface area contributed by atoms with Crippen LogP contribution in [0, 0.1) is 5.92 Å². The molecule has 1 aliphatic rings. The van der Waals surface area contributed by atoms with Crippen molar-refractivity contribution in [3.05, 3.63) is 0 Å². The Morgan fingerprint density at radius 2 is 2.06 bits per heavy atom. The molecule has 0 bridgehead atoms. The van der Waals surface area contributed by atoms with E-state index in [2.05, 4.69) is 11.9 Å². The van der Waals surface area contributed by atoms with E-state index < -0.39 is 0 Å². The molecule has 0 aromatic rings. The van der Waals surface area contributed by atoms with Gasteiger partial charge in [-0.25, -0.2) is 0 Å². The van der Waals surface area contributed by atoms with Gasteiger partial charge in [-0.3, -0.25) is 4.79 Å². The maximum Gasteiger partial charge on any atom is 0.248 e. The van der Waals surface area contributed by atoms with E-state index in [0.29, 0.717) is 12.5 Å². The van der Waals surface area contributed by atoms with E-state index >= 15 is 0 Å². The fourth-order valence-corrected chi connectivity index (χ4v) is 2.03. The number of amides is 1. The normalized spacial score (nSPS) is 18.7. The summed E-state index contributed by atoms with van der Waals surface area (Å²) >= 11 is 0. The van der Waals surface area contributed by atoms with E-state index in [0.717, 1.165) is 19.6 Å². The third kappa shape index (κ3) is 4.49. The van der Waals surface area contributed by atoms with Crippen LogP contribution in [0.2, 0.25) is 0 Å². The number of ether oxygens (including phenoxy) is 1. The second-order valence-electron chi connectivity index (χ2n) is 4.66. The van der Waals surface area contributed by atoms with Gasteiger partial charge in [0.2, 0.25) is 5.91 Å². The Hall–Kier alpha value is -0.610. The van der Waals surface area contributed by atoms with Crippen molar-refractivity contribution in [2.45, 2.75) is 19.8 Å². The zero-order chi connectivity index (χ0) is 12.0. The summed E-state index contributed by atoms with van der Waals surface area (Å²) in [7, 11) is 4.03. The predicted molar refractivity (Wildman–Crippen MR) is 64.4 cm³/mol. The number of likely N-dealkylation sites (N-methyl/N-ethyl adjacent to an activating group) is 1. The van der Waals surface area contributed by atoms with Gasteiger partial charge in [0.15, 0.2) is 0 Å². The first-order chi connectivity index (χ1) is 7.63. The fraction of sp³-hybridized carbons (Fsp3) is 0.917. The lowest BCUT2D eigenvalue weighted by atomic mass is 9.97. The molecule has 0 atom stereocenters. The summed E-state index contributed by atoms with van der Waals surface area (Å²) in [6.45, 7) is 5.91. The Bertz CT molecular complexity index is 213. The number of hydrogen-bond acceptors (Lipinski definition) is 3. The van der Waals surface area contributed by atoms with Gasteiger partial charge in [-0.2, -0.15) is 0 Å². The van der Waals surface area contributed by atoms with Crippen molar-refractivity contribution in [1.82, 2.24) is 9.80 Å². The summed E-state index contributed by atoms with van der Waals surface area (Å²) in [4.78, 5) is 15.8. The second-order valence-corrected chi connectivity index (χ2v) is 4.66. The Kier molecular flexibility index (Phi) is 5.77. The highest BCUT2D eigenvalue weighted by Crippen LogP contribution is 2.16. The highest BCUT2D eigenvalue weighted by Gasteiger charge is 2.20. The average Bonchev–Trinajstić information content (AvgIpc) is 2.29. The molecule has 1 aliphatic heterocycles. The van der Waals surface area contributed by atoms with Gasteiger partial charge in [-0.15, -0.1) is 0 Å². The molecule has 0 saturated carbocycles. The van der Waals surface area contributed by atoms with Gasteiger partial charge in [0.1, 0.15) is 6.61 Å². The lowest BCUT2D eigenvalue weighted by Crippen LogP contribution is -2.39. The Morgan fingerprint density at radius 1 is 1.44 bits per heavy atom. The molecule has 0 aliphatic carbocycles. The minimum Gasteiger partial charge on any atom is -0.372 e. The van der Waals surface area contributed by atoms with Crippen LogP contribution >= 0.6 is 0 Å². The lowest BCUT2D eigenvalue weighted by molar-refractivity contribution is -0.135. The van der Waals surface area contributed by atoms with E-state index in [9.17, 15) is 4.79 Å². The molecule has 16 heavy (non-hydrogen) atoms. The molecular formula is C12H24N2O2. The molecule has 0 unspecified atom stereocenters.